The van der Waals surface area contributed by atoms with Crippen LogP contribution in [-0.2, 0) is 14.3 Å². The minimum absolute atomic E-state index is 0.243. The second-order valence-electron chi connectivity index (χ2n) is 6.14. The Morgan fingerprint density at radius 2 is 2.09 bits per heavy atom. The Balaban J connectivity index is 1.71. The molecular weight excluding hydrogens is 280 g/mol. The zero-order chi connectivity index (χ0) is 15.8. The maximum Gasteiger partial charge on any atom is 0.303 e. The molecule has 0 aliphatic carbocycles. The third-order valence-corrected chi connectivity index (χ3v) is 4.63. The number of hydrogen-bond donors (Lipinski definition) is 1. The highest BCUT2D eigenvalue weighted by Gasteiger charge is 2.48. The monoisotopic (exact) mass is 306 g/mol. The fraction of sp³-hybridized carbons (Fsp3) is 0.722. The van der Waals surface area contributed by atoms with Gasteiger partial charge in [-0.2, -0.15) is 0 Å². The number of rotatable bonds is 10. The van der Waals surface area contributed by atoms with Crippen LogP contribution in [0, 0.1) is 24.2 Å². The summed E-state index contributed by atoms with van der Waals surface area (Å²) in [7, 11) is 0. The van der Waals surface area contributed by atoms with E-state index in [2.05, 4.69) is 18.1 Å². The zero-order valence-electron chi connectivity index (χ0n) is 13.1. The zero-order valence-corrected chi connectivity index (χ0v) is 13.1. The predicted octanol–water partition coefficient (Wildman–Crippen LogP) is 3.02. The van der Waals surface area contributed by atoms with Gasteiger partial charge in [0.15, 0.2) is 0 Å². The summed E-state index contributed by atoms with van der Waals surface area (Å²) < 4.78 is 11.7. The highest BCUT2D eigenvalue weighted by atomic mass is 16.5. The molecule has 22 heavy (non-hydrogen) atoms. The summed E-state index contributed by atoms with van der Waals surface area (Å²) >= 11 is 0. The van der Waals surface area contributed by atoms with Crippen LogP contribution in [0.3, 0.4) is 0 Å². The Kier molecular flexibility index (Phi) is 6.95. The first-order valence-electron chi connectivity index (χ1n) is 8.26. The molecule has 0 aromatic rings. The van der Waals surface area contributed by atoms with E-state index in [-0.39, 0.29) is 6.42 Å². The van der Waals surface area contributed by atoms with Gasteiger partial charge in [0, 0.05) is 18.8 Å². The molecule has 0 aromatic heterocycles. The minimum atomic E-state index is -0.723. The van der Waals surface area contributed by atoms with Crippen LogP contribution >= 0.6 is 0 Å². The van der Waals surface area contributed by atoms with Gasteiger partial charge in [0.25, 0.3) is 0 Å². The van der Waals surface area contributed by atoms with Crippen LogP contribution in [-0.4, -0.2) is 36.5 Å². The first-order chi connectivity index (χ1) is 10.7. The molecule has 4 heteroatoms. The summed E-state index contributed by atoms with van der Waals surface area (Å²) in [6.07, 6.45) is 16.0. The van der Waals surface area contributed by atoms with Gasteiger partial charge in [-0.15, -0.1) is 12.3 Å². The standard InChI is InChI=1S/C18H26O4/c1-2-3-12-21-13-15-14(16-10-11-17(15)22-16)8-6-4-5-7-9-18(19)20/h1,4,6,14-17H,3,5,7-13H2,(H,19,20)/b6-4-/t14-,15+,16-,17+/m0/s1. The Labute approximate surface area is 132 Å². The Morgan fingerprint density at radius 3 is 2.82 bits per heavy atom. The number of hydrogen-bond acceptors (Lipinski definition) is 3. The van der Waals surface area contributed by atoms with Crippen molar-refractivity contribution in [2.24, 2.45) is 11.8 Å². The highest BCUT2D eigenvalue weighted by Crippen LogP contribution is 2.45. The maximum absolute atomic E-state index is 10.5. The van der Waals surface area contributed by atoms with Crippen LogP contribution in [0.15, 0.2) is 12.2 Å². The van der Waals surface area contributed by atoms with Gasteiger partial charge in [-0.05, 0) is 38.0 Å². The van der Waals surface area contributed by atoms with Gasteiger partial charge in [-0.25, -0.2) is 0 Å². The molecule has 4 atom stereocenters. The van der Waals surface area contributed by atoms with Crippen molar-refractivity contribution in [2.75, 3.05) is 13.2 Å². The molecule has 0 aromatic carbocycles. The average Bonchev–Trinajstić information content (AvgIpc) is 3.08. The Morgan fingerprint density at radius 1 is 1.32 bits per heavy atom. The van der Waals surface area contributed by atoms with Gasteiger partial charge in [-0.3, -0.25) is 4.79 Å². The molecule has 122 valence electrons. The summed E-state index contributed by atoms with van der Waals surface area (Å²) in [6.45, 7) is 1.36. The number of carboxylic acids is 1. The SMILES string of the molecule is C#CCCOC[C@@H]1[C@H](C/C=C\CCCC(=O)O)[C@@H]2CC[C@H]1O2. The fourth-order valence-electron chi connectivity index (χ4n) is 3.52. The lowest BCUT2D eigenvalue weighted by Crippen LogP contribution is -2.30. The van der Waals surface area contributed by atoms with Crippen LogP contribution in [0.1, 0.15) is 44.9 Å². The lowest BCUT2D eigenvalue weighted by molar-refractivity contribution is -0.137. The normalized spacial score (nSPS) is 30.0. The molecular formula is C18H26O4. The van der Waals surface area contributed by atoms with E-state index >= 15 is 0 Å². The summed E-state index contributed by atoms with van der Waals surface area (Å²) in [5, 5.41) is 8.60. The lowest BCUT2D eigenvalue weighted by atomic mass is 9.78. The number of ether oxygens (including phenoxy) is 2. The number of carboxylic acid groups (broad SMARTS) is 1. The summed E-state index contributed by atoms with van der Waals surface area (Å²) in [4.78, 5) is 10.5. The lowest BCUT2D eigenvalue weighted by Gasteiger charge is -2.26. The Bertz CT molecular complexity index is 423. The second-order valence-corrected chi connectivity index (χ2v) is 6.14. The first-order valence-corrected chi connectivity index (χ1v) is 8.26. The van der Waals surface area contributed by atoms with E-state index in [4.69, 9.17) is 21.0 Å². The topological polar surface area (TPSA) is 55.8 Å². The number of carbonyl (C=O) groups is 1. The molecule has 1 N–H and O–H groups in total. The van der Waals surface area contributed by atoms with Crippen molar-refractivity contribution in [3.05, 3.63) is 12.2 Å². The Hall–Kier alpha value is -1.31. The van der Waals surface area contributed by atoms with Gasteiger partial charge < -0.3 is 14.6 Å². The molecule has 2 heterocycles. The van der Waals surface area contributed by atoms with E-state index in [1.807, 2.05) is 0 Å². The summed E-state index contributed by atoms with van der Waals surface area (Å²) in [6, 6.07) is 0. The van der Waals surface area contributed by atoms with Gasteiger partial charge in [0.2, 0.25) is 0 Å². The van der Waals surface area contributed by atoms with E-state index in [9.17, 15) is 4.79 Å². The van der Waals surface area contributed by atoms with Crippen molar-refractivity contribution in [1.29, 1.82) is 0 Å². The fourth-order valence-corrected chi connectivity index (χ4v) is 3.52. The molecule has 0 radical (unpaired) electrons. The maximum atomic E-state index is 10.5. The highest BCUT2D eigenvalue weighted by molar-refractivity contribution is 5.66. The molecule has 2 aliphatic rings. The van der Waals surface area contributed by atoms with Crippen molar-refractivity contribution in [3.63, 3.8) is 0 Å². The molecule has 2 rings (SSSR count). The van der Waals surface area contributed by atoms with Crippen LogP contribution in [0.4, 0.5) is 0 Å². The molecule has 0 saturated carbocycles. The van der Waals surface area contributed by atoms with Gasteiger partial charge in [0.1, 0.15) is 0 Å². The van der Waals surface area contributed by atoms with Gasteiger partial charge >= 0.3 is 5.97 Å². The van der Waals surface area contributed by atoms with Crippen LogP contribution in [0.2, 0.25) is 0 Å². The second kappa shape index (κ2) is 8.97. The molecule has 4 nitrogen and oxygen atoms in total. The van der Waals surface area contributed by atoms with Gasteiger partial charge in [-0.1, -0.05) is 12.2 Å². The van der Waals surface area contributed by atoms with Crippen molar-refractivity contribution < 1.29 is 19.4 Å². The smallest absolute Gasteiger partial charge is 0.303 e. The van der Waals surface area contributed by atoms with Crippen LogP contribution < -0.4 is 0 Å². The number of unbranched alkanes of at least 4 members (excludes halogenated alkanes) is 1. The quantitative estimate of drug-likeness (QED) is 0.383. The van der Waals surface area contributed by atoms with Crippen LogP contribution in [0.5, 0.6) is 0 Å². The molecule has 0 amide bonds. The van der Waals surface area contributed by atoms with Crippen molar-refractivity contribution in [1.82, 2.24) is 0 Å². The van der Waals surface area contributed by atoms with Crippen LogP contribution in [0.25, 0.3) is 0 Å². The van der Waals surface area contributed by atoms with Crippen molar-refractivity contribution in [2.45, 2.75) is 57.2 Å². The van der Waals surface area contributed by atoms with E-state index < -0.39 is 5.97 Å². The summed E-state index contributed by atoms with van der Waals surface area (Å²) in [5.41, 5.74) is 0. The number of allylic oxidation sites excluding steroid dienone is 2. The number of terminal acetylenes is 1. The van der Waals surface area contributed by atoms with E-state index in [1.54, 1.807) is 0 Å². The third-order valence-electron chi connectivity index (χ3n) is 4.63. The summed E-state index contributed by atoms with van der Waals surface area (Å²) in [5.74, 6) is 2.87. The molecule has 0 unspecified atom stereocenters. The number of aliphatic carboxylic acids is 1. The number of fused-ring (bicyclic) bond motifs is 2. The molecule has 2 bridgehead atoms. The van der Waals surface area contributed by atoms with E-state index in [1.165, 1.54) is 0 Å². The predicted molar refractivity (Wildman–Crippen MR) is 84.4 cm³/mol. The van der Waals surface area contributed by atoms with E-state index in [0.717, 1.165) is 32.3 Å². The molecule has 0 spiro atoms. The average molecular weight is 306 g/mol. The molecule has 2 fully saturated rings. The third kappa shape index (κ3) is 4.86. The van der Waals surface area contributed by atoms with Crippen molar-refractivity contribution >= 4 is 5.97 Å². The van der Waals surface area contributed by atoms with Crippen molar-refractivity contribution in [3.8, 4) is 12.3 Å². The van der Waals surface area contributed by atoms with E-state index in [0.29, 0.717) is 43.5 Å². The van der Waals surface area contributed by atoms with Gasteiger partial charge in [0.05, 0.1) is 25.4 Å². The minimum Gasteiger partial charge on any atom is -0.481 e. The largest absolute Gasteiger partial charge is 0.481 e. The first kappa shape index (κ1) is 17.1. The molecule has 2 saturated heterocycles. The molecule has 2 aliphatic heterocycles.